The first-order valence-electron chi connectivity index (χ1n) is 12.3. The Kier molecular flexibility index (Phi) is 9.58. The molecule has 10 heteroatoms. The number of nitrogen functional groups attached to an aromatic ring is 1. The summed E-state index contributed by atoms with van der Waals surface area (Å²) >= 11 is 0. The number of rotatable bonds is 13. The summed E-state index contributed by atoms with van der Waals surface area (Å²) < 4.78 is 50.0. The maximum absolute atomic E-state index is 13.1. The predicted molar refractivity (Wildman–Crippen MR) is 132 cm³/mol. The summed E-state index contributed by atoms with van der Waals surface area (Å²) in [4.78, 5) is 15.3. The number of nitrogens with two attached hydrogens (primary N) is 1. The molecule has 0 unspecified atom stereocenters. The number of unbranched alkanes of at least 4 members (excludes halogenated alkanes) is 2. The number of nitrogens with one attached hydrogen (secondary N) is 1. The Labute approximate surface area is 208 Å². The van der Waals surface area contributed by atoms with Gasteiger partial charge in [-0.1, -0.05) is 44.0 Å². The van der Waals surface area contributed by atoms with Gasteiger partial charge in [-0.3, -0.25) is 4.79 Å². The summed E-state index contributed by atoms with van der Waals surface area (Å²) in [6, 6.07) is 7.83. The summed E-state index contributed by atoms with van der Waals surface area (Å²) in [7, 11) is 0. The SMILES string of the molecule is CCCCN(CCCC)CCCNC(=O)c1c(-c2ccc(-c3cccc(C(F)(F)F)c3)o2)noc1N. The second-order valence-corrected chi connectivity index (χ2v) is 8.67. The van der Waals surface area contributed by atoms with E-state index < -0.39 is 17.6 Å². The third-order valence-corrected chi connectivity index (χ3v) is 5.85. The lowest BCUT2D eigenvalue weighted by Gasteiger charge is -2.21. The third kappa shape index (κ3) is 7.13. The summed E-state index contributed by atoms with van der Waals surface area (Å²) in [6.07, 6.45) is 0.860. The number of anilines is 1. The number of aromatic nitrogens is 1. The zero-order chi connectivity index (χ0) is 26.1. The summed E-state index contributed by atoms with van der Waals surface area (Å²) in [5.41, 5.74) is 5.45. The highest BCUT2D eigenvalue weighted by atomic mass is 19.4. The van der Waals surface area contributed by atoms with Gasteiger partial charge in [-0.2, -0.15) is 13.2 Å². The van der Waals surface area contributed by atoms with Crippen LogP contribution in [0.25, 0.3) is 22.8 Å². The molecular formula is C26H33F3N4O3. The summed E-state index contributed by atoms with van der Waals surface area (Å²) in [6.45, 7) is 7.75. The topological polar surface area (TPSA) is 97.5 Å². The average Bonchev–Trinajstić information content (AvgIpc) is 3.49. The Morgan fingerprint density at radius 1 is 1.03 bits per heavy atom. The largest absolute Gasteiger partial charge is 0.454 e. The number of alkyl halides is 3. The first-order valence-corrected chi connectivity index (χ1v) is 12.3. The standard InChI is InChI=1S/C26H33F3N4O3/c1-3-5-14-33(15-6-4-2)16-8-13-31-25(34)22-23(32-36-24(22)30)21-12-11-20(35-21)18-9-7-10-19(17-18)26(27,28)29/h7,9-12,17H,3-6,8,13-16,30H2,1-2H3,(H,31,34). The van der Waals surface area contributed by atoms with Crippen LogP contribution in [-0.2, 0) is 6.18 Å². The minimum Gasteiger partial charge on any atom is -0.454 e. The number of carbonyl (C=O) groups is 1. The van der Waals surface area contributed by atoms with E-state index in [4.69, 9.17) is 14.7 Å². The van der Waals surface area contributed by atoms with E-state index in [2.05, 4.69) is 29.2 Å². The smallest absolute Gasteiger partial charge is 0.416 e. The van der Waals surface area contributed by atoms with Crippen LogP contribution in [0.1, 0.15) is 61.9 Å². The van der Waals surface area contributed by atoms with Crippen LogP contribution >= 0.6 is 0 Å². The molecule has 0 radical (unpaired) electrons. The van der Waals surface area contributed by atoms with Crippen molar-refractivity contribution in [2.45, 2.75) is 52.1 Å². The van der Waals surface area contributed by atoms with Gasteiger partial charge in [0.2, 0.25) is 5.88 Å². The molecule has 0 spiro atoms. The van der Waals surface area contributed by atoms with E-state index in [0.29, 0.717) is 6.54 Å². The summed E-state index contributed by atoms with van der Waals surface area (Å²) in [5, 5.41) is 6.71. The maximum Gasteiger partial charge on any atom is 0.416 e. The number of benzene rings is 1. The van der Waals surface area contributed by atoms with Gasteiger partial charge in [0.05, 0.1) is 5.56 Å². The van der Waals surface area contributed by atoms with E-state index in [-0.39, 0.29) is 34.2 Å². The molecule has 0 saturated heterocycles. The van der Waals surface area contributed by atoms with Crippen molar-refractivity contribution in [3.63, 3.8) is 0 Å². The van der Waals surface area contributed by atoms with E-state index in [1.54, 1.807) is 0 Å². The van der Waals surface area contributed by atoms with Crippen molar-refractivity contribution in [1.29, 1.82) is 0 Å². The molecular weight excluding hydrogens is 473 g/mol. The minimum atomic E-state index is -4.47. The molecule has 2 aromatic heterocycles. The van der Waals surface area contributed by atoms with E-state index >= 15 is 0 Å². The molecule has 0 aliphatic rings. The van der Waals surface area contributed by atoms with E-state index in [1.165, 1.54) is 24.3 Å². The van der Waals surface area contributed by atoms with Crippen molar-refractivity contribution in [1.82, 2.24) is 15.4 Å². The van der Waals surface area contributed by atoms with Crippen molar-refractivity contribution in [2.24, 2.45) is 0 Å². The van der Waals surface area contributed by atoms with Crippen LogP contribution in [0.15, 0.2) is 45.3 Å². The van der Waals surface area contributed by atoms with Crippen molar-refractivity contribution in [3.8, 4) is 22.8 Å². The first kappa shape index (κ1) is 27.3. The minimum absolute atomic E-state index is 0.0359. The molecule has 3 aromatic rings. The van der Waals surface area contributed by atoms with Gasteiger partial charge in [-0.05, 0) is 63.2 Å². The average molecular weight is 507 g/mol. The highest BCUT2D eigenvalue weighted by molar-refractivity contribution is 6.03. The number of nitrogens with zero attached hydrogens (tertiary/aromatic N) is 2. The van der Waals surface area contributed by atoms with Gasteiger partial charge in [-0.25, -0.2) is 0 Å². The molecule has 3 N–H and O–H groups in total. The van der Waals surface area contributed by atoms with Gasteiger partial charge in [0.15, 0.2) is 11.5 Å². The monoisotopic (exact) mass is 506 g/mol. The lowest BCUT2D eigenvalue weighted by Crippen LogP contribution is -2.31. The number of hydrogen-bond acceptors (Lipinski definition) is 6. The molecule has 1 aromatic carbocycles. The fourth-order valence-electron chi connectivity index (χ4n) is 3.85. The fraction of sp³-hybridized carbons (Fsp3) is 0.462. The Hall–Kier alpha value is -3.27. The number of carbonyl (C=O) groups excluding carboxylic acids is 1. The van der Waals surface area contributed by atoms with Gasteiger partial charge in [0, 0.05) is 12.1 Å². The van der Waals surface area contributed by atoms with Crippen molar-refractivity contribution >= 4 is 11.8 Å². The molecule has 7 nitrogen and oxygen atoms in total. The van der Waals surface area contributed by atoms with Gasteiger partial charge in [-0.15, -0.1) is 0 Å². The Bertz CT molecular complexity index is 1120. The second kappa shape index (κ2) is 12.6. The van der Waals surface area contributed by atoms with E-state index in [0.717, 1.165) is 63.9 Å². The van der Waals surface area contributed by atoms with Crippen LogP contribution < -0.4 is 11.1 Å². The first-order chi connectivity index (χ1) is 17.2. The molecule has 0 bridgehead atoms. The third-order valence-electron chi connectivity index (χ3n) is 5.85. The highest BCUT2D eigenvalue weighted by Gasteiger charge is 2.31. The molecule has 1 amide bonds. The van der Waals surface area contributed by atoms with Crippen LogP contribution in [0.3, 0.4) is 0 Å². The molecule has 0 aliphatic heterocycles. The van der Waals surface area contributed by atoms with Gasteiger partial charge in [0.1, 0.15) is 11.3 Å². The highest BCUT2D eigenvalue weighted by Crippen LogP contribution is 2.35. The van der Waals surface area contributed by atoms with Gasteiger partial charge >= 0.3 is 6.18 Å². The summed E-state index contributed by atoms with van der Waals surface area (Å²) in [5.74, 6) is -0.247. The lowest BCUT2D eigenvalue weighted by atomic mass is 10.1. The molecule has 2 heterocycles. The molecule has 0 saturated carbocycles. The molecule has 0 atom stereocenters. The van der Waals surface area contributed by atoms with E-state index in [9.17, 15) is 18.0 Å². The van der Waals surface area contributed by atoms with Crippen molar-refractivity contribution in [2.75, 3.05) is 31.9 Å². The maximum atomic E-state index is 13.1. The zero-order valence-corrected chi connectivity index (χ0v) is 20.7. The van der Waals surface area contributed by atoms with Crippen molar-refractivity contribution in [3.05, 3.63) is 47.5 Å². The molecule has 0 aliphatic carbocycles. The Morgan fingerprint density at radius 3 is 2.36 bits per heavy atom. The van der Waals surface area contributed by atoms with Crippen LogP contribution in [-0.4, -0.2) is 42.1 Å². The molecule has 0 fully saturated rings. The second-order valence-electron chi connectivity index (χ2n) is 8.67. The number of amides is 1. The molecule has 3 rings (SSSR count). The van der Waals surface area contributed by atoms with Gasteiger partial charge in [0.25, 0.3) is 5.91 Å². The number of hydrogen-bond donors (Lipinski definition) is 2. The Balaban J connectivity index is 1.66. The Morgan fingerprint density at radius 2 is 1.69 bits per heavy atom. The zero-order valence-electron chi connectivity index (χ0n) is 20.7. The molecule has 196 valence electrons. The van der Waals surface area contributed by atoms with Crippen molar-refractivity contribution < 1.29 is 26.9 Å². The van der Waals surface area contributed by atoms with Crippen LogP contribution in [0, 0.1) is 0 Å². The predicted octanol–water partition coefficient (Wildman–Crippen LogP) is 6.22. The van der Waals surface area contributed by atoms with Crippen LogP contribution in [0.4, 0.5) is 19.1 Å². The number of furan rings is 1. The van der Waals surface area contributed by atoms with Crippen LogP contribution in [0.5, 0.6) is 0 Å². The normalized spacial score (nSPS) is 11.8. The number of halogens is 3. The van der Waals surface area contributed by atoms with E-state index in [1.807, 2.05) is 0 Å². The van der Waals surface area contributed by atoms with Gasteiger partial charge < -0.3 is 24.9 Å². The lowest BCUT2D eigenvalue weighted by molar-refractivity contribution is -0.137. The quantitative estimate of drug-likeness (QED) is 0.267. The van der Waals surface area contributed by atoms with Crippen LogP contribution in [0.2, 0.25) is 0 Å². The molecule has 36 heavy (non-hydrogen) atoms. The fourth-order valence-corrected chi connectivity index (χ4v) is 3.85.